The van der Waals surface area contributed by atoms with Gasteiger partial charge in [0.25, 0.3) is 0 Å². The second kappa shape index (κ2) is 30.3. The first kappa shape index (κ1) is 35.1. The molecule has 0 unspecified atom stereocenters. The zero-order chi connectivity index (χ0) is 26.4. The molecular formula is C33H58OS2. The van der Waals surface area contributed by atoms with Gasteiger partial charge in [-0.2, -0.15) is 22.7 Å². The Balaban J connectivity index is 0.000000637. The van der Waals surface area contributed by atoms with Crippen molar-refractivity contribution in [3.8, 4) is 0 Å². The van der Waals surface area contributed by atoms with Crippen molar-refractivity contribution in [3.63, 3.8) is 0 Å². The molecule has 36 heavy (non-hydrogen) atoms. The zero-order valence-corrected chi connectivity index (χ0v) is 25.6. The summed E-state index contributed by atoms with van der Waals surface area (Å²) in [5.74, 6) is 0. The van der Waals surface area contributed by atoms with E-state index in [1.165, 1.54) is 152 Å². The first-order chi connectivity index (χ1) is 17.9. The van der Waals surface area contributed by atoms with E-state index in [1.807, 2.05) is 29.5 Å². The molecule has 0 amide bonds. The molecule has 2 rings (SSSR count). The quantitative estimate of drug-likeness (QED) is 0.137. The lowest BCUT2D eigenvalue weighted by Crippen LogP contribution is -1.84. The zero-order valence-electron chi connectivity index (χ0n) is 24.0. The lowest BCUT2D eigenvalue weighted by Gasteiger charge is -2.01. The molecule has 2 aromatic heterocycles. The molecule has 0 fully saturated rings. The number of rotatable bonds is 22. The van der Waals surface area contributed by atoms with Gasteiger partial charge in [-0.05, 0) is 70.5 Å². The van der Waals surface area contributed by atoms with Gasteiger partial charge in [-0.15, -0.1) is 0 Å². The van der Waals surface area contributed by atoms with E-state index in [0.29, 0.717) is 0 Å². The Labute approximate surface area is 233 Å². The highest BCUT2D eigenvalue weighted by Crippen LogP contribution is 2.15. The Kier molecular flexibility index (Phi) is 29.5. The second-order valence-electron chi connectivity index (χ2n) is 10.1. The molecule has 0 aliphatic rings. The van der Waals surface area contributed by atoms with Crippen molar-refractivity contribution in [2.45, 2.75) is 155 Å². The molecule has 0 aliphatic carbocycles. The lowest BCUT2D eigenvalue weighted by molar-refractivity contribution is -0.0979. The van der Waals surface area contributed by atoms with E-state index >= 15 is 0 Å². The van der Waals surface area contributed by atoms with Gasteiger partial charge in [-0.1, -0.05) is 129 Å². The fraction of sp³-hybridized carbons (Fsp3) is 0.727. The van der Waals surface area contributed by atoms with E-state index in [0.717, 1.165) is 0 Å². The Bertz CT molecular complexity index is 551. The molecule has 208 valence electrons. The Morgan fingerprint density at radius 3 is 1.00 bits per heavy atom. The number of unbranched alkanes of at least 4 members (excludes halogenated alkanes) is 18. The van der Waals surface area contributed by atoms with Gasteiger partial charge in [0.05, 0.1) is 0 Å². The molecule has 0 atom stereocenters. The molecule has 0 radical (unpaired) electrons. The molecule has 0 saturated carbocycles. The summed E-state index contributed by atoms with van der Waals surface area (Å²) in [5, 5.41) is 8.94. The first-order valence-corrected chi connectivity index (χ1v) is 17.1. The molecule has 0 aromatic carbocycles. The van der Waals surface area contributed by atoms with Crippen LogP contribution in [0.25, 0.3) is 0 Å². The minimum absolute atomic E-state index is 1.29. The maximum absolute atomic E-state index is 8.00. The third kappa shape index (κ3) is 24.8. The summed E-state index contributed by atoms with van der Waals surface area (Å²) in [6.07, 6.45) is 31.2. The third-order valence-electron chi connectivity index (χ3n) is 6.80. The van der Waals surface area contributed by atoms with Crippen LogP contribution in [0.1, 0.15) is 153 Å². The highest BCUT2D eigenvalue weighted by atomic mass is 32.1. The van der Waals surface area contributed by atoms with Crippen LogP contribution in [0.5, 0.6) is 0 Å². The van der Waals surface area contributed by atoms with Gasteiger partial charge < -0.3 is 4.79 Å². The highest BCUT2D eigenvalue weighted by Gasteiger charge is 1.96. The molecule has 0 saturated heterocycles. The number of carbonyl (C=O) groups is 1. The van der Waals surface area contributed by atoms with E-state index in [9.17, 15) is 0 Å². The van der Waals surface area contributed by atoms with Crippen molar-refractivity contribution in [1.82, 2.24) is 0 Å². The number of thiophene rings is 2. The lowest BCUT2D eigenvalue weighted by atomic mass is 10.0. The predicted molar refractivity (Wildman–Crippen MR) is 167 cm³/mol. The van der Waals surface area contributed by atoms with Crippen molar-refractivity contribution in [2.75, 3.05) is 0 Å². The molecule has 1 nitrogen and oxygen atoms in total. The monoisotopic (exact) mass is 534 g/mol. The molecular weight excluding hydrogens is 476 g/mol. The van der Waals surface area contributed by atoms with Crippen LogP contribution in [0.4, 0.5) is 0 Å². The Morgan fingerprint density at radius 2 is 0.750 bits per heavy atom. The number of hydrogen-bond acceptors (Lipinski definition) is 3. The largest absolute Gasteiger partial charge is 0.307 e. The predicted octanol–water partition coefficient (Wildman–Crippen LogP) is 12.2. The summed E-state index contributed by atoms with van der Waals surface area (Å²) in [5.41, 5.74) is 3.07. The van der Waals surface area contributed by atoms with E-state index in [4.69, 9.17) is 4.79 Å². The van der Waals surface area contributed by atoms with Crippen molar-refractivity contribution in [1.29, 1.82) is 0 Å². The van der Waals surface area contributed by atoms with E-state index in [2.05, 4.69) is 47.5 Å². The molecule has 0 aliphatic heterocycles. The number of hydrogen-bond donors (Lipinski definition) is 0. The molecule has 3 heteroatoms. The average Bonchev–Trinajstić information content (AvgIpc) is 3.63. The SMILES string of the molecule is C=O.CCCCCCCCCCCCc1ccsc1.CCCCCCCCCCCCc1ccsc1. The van der Waals surface area contributed by atoms with Crippen molar-refractivity contribution in [3.05, 3.63) is 44.8 Å². The minimum Gasteiger partial charge on any atom is -0.307 e. The minimum atomic E-state index is 1.29. The summed E-state index contributed by atoms with van der Waals surface area (Å²) in [6.45, 7) is 6.57. The van der Waals surface area contributed by atoms with E-state index in [1.54, 1.807) is 0 Å². The molecule has 2 heterocycles. The normalized spacial score (nSPS) is 10.4. The molecule has 2 aromatic rings. The summed E-state index contributed by atoms with van der Waals surface area (Å²) in [4.78, 5) is 8.00. The van der Waals surface area contributed by atoms with Gasteiger partial charge in [0.2, 0.25) is 0 Å². The smallest absolute Gasteiger partial charge is 0.106 e. The van der Waals surface area contributed by atoms with Crippen LogP contribution in [-0.2, 0) is 17.6 Å². The Hall–Kier alpha value is -0.930. The van der Waals surface area contributed by atoms with Gasteiger partial charge in [0.15, 0.2) is 0 Å². The summed E-state index contributed by atoms with van der Waals surface area (Å²) < 4.78 is 0. The van der Waals surface area contributed by atoms with Gasteiger partial charge >= 0.3 is 0 Å². The Morgan fingerprint density at radius 1 is 0.472 bits per heavy atom. The van der Waals surface area contributed by atoms with Crippen LogP contribution in [0.2, 0.25) is 0 Å². The number of aryl methyl sites for hydroxylation is 2. The van der Waals surface area contributed by atoms with Crippen LogP contribution in [0.15, 0.2) is 33.7 Å². The first-order valence-electron chi connectivity index (χ1n) is 15.2. The standard InChI is InChI=1S/2C16H28S.CH2O/c2*1-2-3-4-5-6-7-8-9-10-11-12-16-13-14-17-15-16;1-2/h2*13-15H,2-12H2,1H3;1H2. The fourth-order valence-corrected chi connectivity index (χ4v) is 5.91. The molecule has 0 N–H and O–H groups in total. The molecule has 0 bridgehead atoms. The fourth-order valence-electron chi connectivity index (χ4n) is 4.50. The van der Waals surface area contributed by atoms with Gasteiger partial charge in [0, 0.05) is 0 Å². The van der Waals surface area contributed by atoms with E-state index < -0.39 is 0 Å². The number of carbonyl (C=O) groups excluding carboxylic acids is 1. The van der Waals surface area contributed by atoms with E-state index in [-0.39, 0.29) is 0 Å². The highest BCUT2D eigenvalue weighted by molar-refractivity contribution is 7.08. The van der Waals surface area contributed by atoms with Crippen molar-refractivity contribution >= 4 is 29.5 Å². The van der Waals surface area contributed by atoms with Crippen LogP contribution in [-0.4, -0.2) is 6.79 Å². The maximum Gasteiger partial charge on any atom is 0.106 e. The second-order valence-corrected chi connectivity index (χ2v) is 11.7. The summed E-state index contributed by atoms with van der Waals surface area (Å²) >= 11 is 3.64. The van der Waals surface area contributed by atoms with Crippen molar-refractivity contribution in [2.24, 2.45) is 0 Å². The van der Waals surface area contributed by atoms with Crippen molar-refractivity contribution < 1.29 is 4.79 Å². The van der Waals surface area contributed by atoms with Crippen LogP contribution < -0.4 is 0 Å². The maximum atomic E-state index is 8.00. The molecule has 0 spiro atoms. The summed E-state index contributed by atoms with van der Waals surface area (Å²) in [7, 11) is 0. The average molecular weight is 535 g/mol. The van der Waals surface area contributed by atoms with Crippen LogP contribution in [0.3, 0.4) is 0 Å². The van der Waals surface area contributed by atoms with Crippen LogP contribution in [0, 0.1) is 0 Å². The van der Waals surface area contributed by atoms with Gasteiger partial charge in [-0.25, -0.2) is 0 Å². The topological polar surface area (TPSA) is 17.1 Å². The van der Waals surface area contributed by atoms with Gasteiger partial charge in [-0.3, -0.25) is 0 Å². The summed E-state index contributed by atoms with van der Waals surface area (Å²) in [6, 6.07) is 4.52. The van der Waals surface area contributed by atoms with Crippen LogP contribution >= 0.6 is 22.7 Å². The third-order valence-corrected chi connectivity index (χ3v) is 8.26. The van der Waals surface area contributed by atoms with Gasteiger partial charge in [0.1, 0.15) is 6.79 Å².